The molecule has 0 aliphatic heterocycles. The molecule has 0 spiro atoms. The first-order valence-electron chi connectivity index (χ1n) is 8.54. The number of amides is 1. The van der Waals surface area contributed by atoms with Gasteiger partial charge in [-0.2, -0.15) is 5.10 Å². The normalized spacial score (nSPS) is 10.3. The zero-order valence-corrected chi connectivity index (χ0v) is 15.2. The fraction of sp³-hybridized carbons (Fsp3) is 0.158. The Labute approximate surface area is 161 Å². The van der Waals surface area contributed by atoms with Gasteiger partial charge < -0.3 is 15.4 Å². The molecule has 1 heterocycles. The van der Waals surface area contributed by atoms with Crippen LogP contribution >= 0.6 is 0 Å². The number of rotatable bonds is 8. The van der Waals surface area contributed by atoms with Gasteiger partial charge in [0.05, 0.1) is 23.9 Å². The van der Waals surface area contributed by atoms with Crippen LogP contribution in [0, 0.1) is 10.1 Å². The molecule has 0 bridgehead atoms. The van der Waals surface area contributed by atoms with Gasteiger partial charge in [-0.15, -0.1) is 0 Å². The van der Waals surface area contributed by atoms with Gasteiger partial charge in [-0.1, -0.05) is 18.2 Å². The molecule has 2 aromatic carbocycles. The largest absolute Gasteiger partial charge is 0.493 e. The van der Waals surface area contributed by atoms with Crippen LogP contribution in [0.5, 0.6) is 5.75 Å². The SMILES string of the molecule is COc1cn(-c2ccccc2)nc1C(=O)NCCNc1ccc([N+](=O)[O-])cc1. The second kappa shape index (κ2) is 8.67. The van der Waals surface area contributed by atoms with Gasteiger partial charge in [0, 0.05) is 30.9 Å². The minimum atomic E-state index is -0.452. The van der Waals surface area contributed by atoms with E-state index in [4.69, 9.17) is 4.74 Å². The second-order valence-electron chi connectivity index (χ2n) is 5.81. The Morgan fingerprint density at radius 3 is 2.50 bits per heavy atom. The number of nitro groups is 1. The third kappa shape index (κ3) is 4.44. The van der Waals surface area contributed by atoms with Crippen LogP contribution in [-0.4, -0.2) is 40.8 Å². The molecular weight excluding hydrogens is 362 g/mol. The Kier molecular flexibility index (Phi) is 5.85. The van der Waals surface area contributed by atoms with Crippen LogP contribution in [0.4, 0.5) is 11.4 Å². The van der Waals surface area contributed by atoms with Crippen molar-refractivity contribution in [3.05, 3.63) is 76.6 Å². The van der Waals surface area contributed by atoms with Crippen molar-refractivity contribution in [3.8, 4) is 11.4 Å². The molecule has 0 fully saturated rings. The molecule has 0 aliphatic carbocycles. The molecule has 9 heteroatoms. The molecule has 0 saturated carbocycles. The Balaban J connectivity index is 1.56. The minimum absolute atomic E-state index is 0.0277. The lowest BCUT2D eigenvalue weighted by atomic mass is 10.3. The van der Waals surface area contributed by atoms with Crippen LogP contribution < -0.4 is 15.4 Å². The van der Waals surface area contributed by atoms with E-state index >= 15 is 0 Å². The number of ether oxygens (including phenoxy) is 1. The summed E-state index contributed by atoms with van der Waals surface area (Å²) >= 11 is 0. The van der Waals surface area contributed by atoms with Gasteiger partial charge >= 0.3 is 0 Å². The average molecular weight is 381 g/mol. The van der Waals surface area contributed by atoms with E-state index in [1.807, 2.05) is 30.3 Å². The molecule has 0 saturated heterocycles. The number of hydrogen-bond donors (Lipinski definition) is 2. The van der Waals surface area contributed by atoms with E-state index in [9.17, 15) is 14.9 Å². The Bertz CT molecular complexity index is 954. The first-order valence-corrected chi connectivity index (χ1v) is 8.54. The lowest BCUT2D eigenvalue weighted by Gasteiger charge is -2.07. The van der Waals surface area contributed by atoms with Crippen LogP contribution in [-0.2, 0) is 0 Å². The molecular formula is C19H19N5O4. The van der Waals surface area contributed by atoms with Crippen molar-refractivity contribution in [2.45, 2.75) is 0 Å². The molecule has 28 heavy (non-hydrogen) atoms. The smallest absolute Gasteiger partial charge is 0.275 e. The van der Waals surface area contributed by atoms with Crippen molar-refractivity contribution in [1.82, 2.24) is 15.1 Å². The van der Waals surface area contributed by atoms with Crippen molar-refractivity contribution in [2.24, 2.45) is 0 Å². The molecule has 2 N–H and O–H groups in total. The lowest BCUT2D eigenvalue weighted by Crippen LogP contribution is -2.29. The van der Waals surface area contributed by atoms with Crippen molar-refractivity contribution in [2.75, 3.05) is 25.5 Å². The number of carbonyl (C=O) groups is 1. The fourth-order valence-corrected chi connectivity index (χ4v) is 2.55. The van der Waals surface area contributed by atoms with Crippen LogP contribution in [0.1, 0.15) is 10.5 Å². The second-order valence-corrected chi connectivity index (χ2v) is 5.81. The van der Waals surface area contributed by atoms with Crippen molar-refractivity contribution >= 4 is 17.3 Å². The summed E-state index contributed by atoms with van der Waals surface area (Å²) in [6, 6.07) is 15.5. The standard InChI is InChI=1S/C19H19N5O4/c1-28-17-13-23(15-5-3-2-4-6-15)22-18(17)19(25)21-12-11-20-14-7-9-16(10-8-14)24(26)27/h2-10,13,20H,11-12H2,1H3,(H,21,25). The Hall–Kier alpha value is -3.88. The van der Waals surface area contributed by atoms with Crippen LogP contribution in [0.3, 0.4) is 0 Å². The van der Waals surface area contributed by atoms with Crippen molar-refractivity contribution < 1.29 is 14.5 Å². The predicted octanol–water partition coefficient (Wildman–Crippen LogP) is 2.63. The highest BCUT2D eigenvalue weighted by Gasteiger charge is 2.17. The maximum atomic E-state index is 12.4. The first-order chi connectivity index (χ1) is 13.6. The summed E-state index contributed by atoms with van der Waals surface area (Å²) in [4.78, 5) is 22.6. The van der Waals surface area contributed by atoms with Crippen LogP contribution in [0.2, 0.25) is 0 Å². The number of aromatic nitrogens is 2. The number of benzene rings is 2. The summed E-state index contributed by atoms with van der Waals surface area (Å²) in [5.41, 5.74) is 1.77. The molecule has 9 nitrogen and oxygen atoms in total. The highest BCUT2D eigenvalue weighted by molar-refractivity contribution is 5.95. The van der Waals surface area contributed by atoms with E-state index in [1.165, 1.54) is 19.2 Å². The highest BCUT2D eigenvalue weighted by Crippen LogP contribution is 2.19. The van der Waals surface area contributed by atoms with E-state index < -0.39 is 4.92 Å². The first kappa shape index (κ1) is 18.9. The average Bonchev–Trinajstić information content (AvgIpc) is 3.17. The maximum absolute atomic E-state index is 12.4. The van der Waals surface area contributed by atoms with E-state index in [-0.39, 0.29) is 17.3 Å². The van der Waals surface area contributed by atoms with Gasteiger partial charge in [-0.3, -0.25) is 14.9 Å². The molecule has 3 rings (SSSR count). The summed E-state index contributed by atoms with van der Waals surface area (Å²) in [5, 5.41) is 20.8. The number of nitrogens with zero attached hydrogens (tertiary/aromatic N) is 3. The van der Waals surface area contributed by atoms with E-state index in [2.05, 4.69) is 15.7 Å². The van der Waals surface area contributed by atoms with Crippen LogP contribution in [0.15, 0.2) is 60.8 Å². The van der Waals surface area contributed by atoms with Crippen molar-refractivity contribution in [1.29, 1.82) is 0 Å². The Morgan fingerprint density at radius 1 is 1.14 bits per heavy atom. The maximum Gasteiger partial charge on any atom is 0.275 e. The number of methoxy groups -OCH3 is 1. The molecule has 0 aliphatic rings. The topological polar surface area (TPSA) is 111 Å². The third-order valence-corrected chi connectivity index (χ3v) is 3.95. The number of carbonyl (C=O) groups excluding carboxylic acids is 1. The molecule has 144 valence electrons. The van der Waals surface area contributed by atoms with Gasteiger partial charge in [0.2, 0.25) is 0 Å². The number of para-hydroxylation sites is 1. The van der Waals surface area contributed by atoms with Gasteiger partial charge in [0.15, 0.2) is 11.4 Å². The fourth-order valence-electron chi connectivity index (χ4n) is 2.55. The van der Waals surface area contributed by atoms with Crippen molar-refractivity contribution in [3.63, 3.8) is 0 Å². The summed E-state index contributed by atoms with van der Waals surface area (Å²) in [7, 11) is 1.49. The molecule has 0 unspecified atom stereocenters. The minimum Gasteiger partial charge on any atom is -0.493 e. The quantitative estimate of drug-likeness (QED) is 0.352. The number of nitrogens with one attached hydrogen (secondary N) is 2. The Morgan fingerprint density at radius 2 is 1.86 bits per heavy atom. The third-order valence-electron chi connectivity index (χ3n) is 3.95. The summed E-state index contributed by atoms with van der Waals surface area (Å²) in [6.07, 6.45) is 1.65. The molecule has 0 atom stereocenters. The molecule has 0 radical (unpaired) electrons. The van der Waals surface area contributed by atoms with E-state index in [0.29, 0.717) is 18.8 Å². The number of nitro benzene ring substituents is 1. The van der Waals surface area contributed by atoms with Gasteiger partial charge in [-0.05, 0) is 24.3 Å². The van der Waals surface area contributed by atoms with Gasteiger partial charge in [-0.25, -0.2) is 4.68 Å². The summed E-state index contributed by atoms with van der Waals surface area (Å²) < 4.78 is 6.85. The summed E-state index contributed by atoms with van der Waals surface area (Å²) in [5.74, 6) is 0.0294. The zero-order chi connectivity index (χ0) is 19.9. The predicted molar refractivity (Wildman–Crippen MR) is 104 cm³/mol. The lowest BCUT2D eigenvalue weighted by molar-refractivity contribution is -0.384. The molecule has 1 aromatic heterocycles. The number of hydrogen-bond acceptors (Lipinski definition) is 6. The number of anilines is 1. The molecule has 1 amide bonds. The highest BCUT2D eigenvalue weighted by atomic mass is 16.6. The van der Waals surface area contributed by atoms with E-state index in [1.54, 1.807) is 23.0 Å². The van der Waals surface area contributed by atoms with E-state index in [0.717, 1.165) is 11.4 Å². The zero-order valence-electron chi connectivity index (χ0n) is 15.2. The number of non-ortho nitro benzene ring substituents is 1. The van der Waals surface area contributed by atoms with Gasteiger partial charge in [0.25, 0.3) is 11.6 Å². The van der Waals surface area contributed by atoms with Gasteiger partial charge in [0.1, 0.15) is 0 Å². The monoisotopic (exact) mass is 381 g/mol. The molecule has 3 aromatic rings. The summed E-state index contributed by atoms with van der Waals surface area (Å²) in [6.45, 7) is 0.794. The van der Waals surface area contributed by atoms with Crippen LogP contribution in [0.25, 0.3) is 5.69 Å².